The molecule has 8 N–H and O–H groups in total. The van der Waals surface area contributed by atoms with Crippen LogP contribution >= 0.6 is 0 Å². The van der Waals surface area contributed by atoms with Crippen molar-refractivity contribution < 1.29 is 0 Å². The summed E-state index contributed by atoms with van der Waals surface area (Å²) < 4.78 is 0. The van der Waals surface area contributed by atoms with Gasteiger partial charge in [-0.3, -0.25) is 0 Å². The Morgan fingerprint density at radius 3 is 0.466 bits per heavy atom. The third-order valence-electron chi connectivity index (χ3n) is 20.5. The van der Waals surface area contributed by atoms with E-state index in [0.29, 0.717) is 47.8 Å². The minimum atomic E-state index is 0.577. The first-order valence-corrected chi connectivity index (χ1v) is 40.5. The minimum absolute atomic E-state index is 0.577. The van der Waals surface area contributed by atoms with Crippen LogP contribution in [-0.4, -0.2) is 122 Å². The van der Waals surface area contributed by atoms with Crippen LogP contribution in [0.2, 0.25) is 0 Å². The van der Waals surface area contributed by atoms with Crippen LogP contribution in [0, 0.1) is 23.7 Å². The molecule has 0 heterocycles. The van der Waals surface area contributed by atoms with Gasteiger partial charge in [0.2, 0.25) is 0 Å². The van der Waals surface area contributed by atoms with E-state index in [1.54, 1.807) is 0 Å². The van der Waals surface area contributed by atoms with Gasteiger partial charge in [-0.15, -0.1) is 0 Å². The van der Waals surface area contributed by atoms with Gasteiger partial charge in [-0.2, -0.15) is 0 Å². The second-order valence-electron chi connectivity index (χ2n) is 30.0. The molecule has 0 saturated heterocycles. The molecule has 0 aromatic rings. The summed E-state index contributed by atoms with van der Waals surface area (Å²) in [5.41, 5.74) is 24.3. The molecule has 532 valence electrons. The molecule has 0 amide bonds. The molecular weight excluding hydrogens is 1070 g/mol. The number of nitrogens with two attached hydrogens (primary N) is 4. The van der Waals surface area contributed by atoms with Crippen LogP contribution in [0.1, 0.15) is 391 Å². The predicted octanol–water partition coefficient (Wildman–Crippen LogP) is 21.9. The highest BCUT2D eigenvalue weighted by molar-refractivity contribution is 4.77. The zero-order chi connectivity index (χ0) is 65.4. The Morgan fingerprint density at radius 1 is 0.193 bits per heavy atom. The number of nitrogens with zero attached hydrogens (tertiary/aromatic N) is 4. The summed E-state index contributed by atoms with van der Waals surface area (Å²) in [6.07, 6.45) is 67.3. The van der Waals surface area contributed by atoms with Gasteiger partial charge in [-0.05, 0) is 155 Å². The Morgan fingerprint density at radius 2 is 0.330 bits per heavy atom. The summed E-state index contributed by atoms with van der Waals surface area (Å²) in [6.45, 7) is 41.1. The van der Waals surface area contributed by atoms with E-state index in [9.17, 15) is 0 Å². The van der Waals surface area contributed by atoms with Crippen LogP contribution < -0.4 is 22.9 Å². The molecule has 8 nitrogen and oxygen atoms in total. The summed E-state index contributed by atoms with van der Waals surface area (Å²) in [4.78, 5) is 11.1. The van der Waals surface area contributed by atoms with Gasteiger partial charge in [0.25, 0.3) is 0 Å². The maximum atomic E-state index is 6.07. The highest BCUT2D eigenvalue weighted by atomic mass is 15.2. The quantitative estimate of drug-likeness (QED) is 0.0445. The molecular formula is C80H172N8. The predicted molar refractivity (Wildman–Crippen MR) is 401 cm³/mol. The molecule has 0 aliphatic carbocycles. The fourth-order valence-electron chi connectivity index (χ4n) is 13.6. The Labute approximate surface area is 557 Å². The van der Waals surface area contributed by atoms with Gasteiger partial charge in [-0.1, -0.05) is 312 Å². The lowest BCUT2D eigenvalue weighted by atomic mass is 10.0. The molecule has 0 bridgehead atoms. The van der Waals surface area contributed by atoms with Gasteiger partial charge in [0.05, 0.1) is 0 Å². The summed E-state index contributed by atoms with van der Waals surface area (Å²) in [6, 6.07) is 2.67. The van der Waals surface area contributed by atoms with Crippen LogP contribution in [0.15, 0.2) is 0 Å². The smallest absolute Gasteiger partial charge is 0.00670 e. The molecule has 0 aromatic heterocycles. The van der Waals surface area contributed by atoms with Crippen molar-refractivity contribution in [2.24, 2.45) is 46.6 Å². The minimum Gasteiger partial charge on any atom is -0.330 e. The zero-order valence-electron chi connectivity index (χ0n) is 63.1. The van der Waals surface area contributed by atoms with Gasteiger partial charge >= 0.3 is 0 Å². The van der Waals surface area contributed by atoms with Crippen LogP contribution in [0.5, 0.6) is 0 Å². The first kappa shape index (κ1) is 89.7. The molecule has 0 fully saturated rings. The average molecular weight is 1250 g/mol. The Bertz CT molecular complexity index is 1110. The topological polar surface area (TPSA) is 117 Å². The molecule has 8 heteroatoms. The number of hydrogen-bond donors (Lipinski definition) is 4. The summed E-state index contributed by atoms with van der Waals surface area (Å²) in [5.74, 6) is 2.31. The lowest BCUT2D eigenvalue weighted by Crippen LogP contribution is -2.40. The van der Waals surface area contributed by atoms with E-state index < -0.39 is 0 Å². The summed E-state index contributed by atoms with van der Waals surface area (Å²) in [5, 5.41) is 0. The number of hydrogen-bond acceptors (Lipinski definition) is 8. The Hall–Kier alpha value is -0.320. The number of rotatable bonds is 70. The van der Waals surface area contributed by atoms with Crippen molar-refractivity contribution in [3.8, 4) is 0 Å². The molecule has 8 unspecified atom stereocenters. The van der Waals surface area contributed by atoms with E-state index in [2.05, 4.69) is 103 Å². The van der Waals surface area contributed by atoms with Crippen molar-refractivity contribution in [3.05, 3.63) is 0 Å². The van der Waals surface area contributed by atoms with Crippen molar-refractivity contribution in [2.45, 2.75) is 415 Å². The summed E-state index contributed by atoms with van der Waals surface area (Å²) >= 11 is 0. The lowest BCUT2D eigenvalue weighted by Gasteiger charge is -2.33. The van der Waals surface area contributed by atoms with Gasteiger partial charge in [0.1, 0.15) is 0 Å². The van der Waals surface area contributed by atoms with Crippen molar-refractivity contribution in [1.29, 1.82) is 0 Å². The van der Waals surface area contributed by atoms with E-state index >= 15 is 0 Å². The average Bonchev–Trinajstić information content (AvgIpc) is 3.65. The molecule has 0 saturated carbocycles. The molecule has 88 heavy (non-hydrogen) atoms. The van der Waals surface area contributed by atoms with Crippen LogP contribution in [-0.2, 0) is 0 Å². The van der Waals surface area contributed by atoms with Gasteiger partial charge in [0, 0.05) is 50.3 Å². The Balaban J connectivity index is 0. The third kappa shape index (κ3) is 59.4. The van der Waals surface area contributed by atoms with Crippen LogP contribution in [0.3, 0.4) is 0 Å². The fourth-order valence-corrected chi connectivity index (χ4v) is 13.6. The lowest BCUT2D eigenvalue weighted by molar-refractivity contribution is 0.150. The van der Waals surface area contributed by atoms with Crippen molar-refractivity contribution in [3.63, 3.8) is 0 Å². The number of unbranched alkanes of at least 4 members (excludes halogenated alkanes) is 38. The summed E-state index contributed by atoms with van der Waals surface area (Å²) in [7, 11) is 0. The molecule has 0 aromatic carbocycles. The van der Waals surface area contributed by atoms with E-state index in [1.165, 1.54) is 334 Å². The normalized spacial score (nSPS) is 14.9. The van der Waals surface area contributed by atoms with E-state index in [0.717, 1.165) is 52.4 Å². The van der Waals surface area contributed by atoms with E-state index in [4.69, 9.17) is 22.9 Å². The largest absolute Gasteiger partial charge is 0.330 e. The van der Waals surface area contributed by atoms with E-state index in [-0.39, 0.29) is 0 Å². The zero-order valence-corrected chi connectivity index (χ0v) is 63.1. The first-order valence-electron chi connectivity index (χ1n) is 40.5. The highest BCUT2D eigenvalue weighted by Crippen LogP contribution is 2.22. The second-order valence-corrected chi connectivity index (χ2v) is 30.0. The molecule has 0 aliphatic rings. The third-order valence-corrected chi connectivity index (χ3v) is 20.5. The van der Waals surface area contributed by atoms with Gasteiger partial charge in [0.15, 0.2) is 0 Å². The first-order chi connectivity index (χ1) is 42.8. The van der Waals surface area contributed by atoms with Crippen LogP contribution in [0.25, 0.3) is 0 Å². The molecule has 0 aliphatic heterocycles. The van der Waals surface area contributed by atoms with Crippen LogP contribution in [0.4, 0.5) is 0 Å². The second kappa shape index (κ2) is 69.5. The monoisotopic (exact) mass is 1250 g/mol. The highest BCUT2D eigenvalue weighted by Gasteiger charge is 2.21. The molecule has 0 spiro atoms. The SMILES string of the molecule is CCCCCCCCCCCCC(C)N(CCCCN(CC(C)CN)C(C)CCCCCCCCCCCC)CC(C)CN.CCCCCCCCCCCCC(C)N(CCCCN(CC(C)CN)C(C)CCCCCCCCCCCC)CC(C)CN. The van der Waals surface area contributed by atoms with Gasteiger partial charge < -0.3 is 42.5 Å². The molecule has 0 rings (SSSR count). The molecule has 8 atom stereocenters. The van der Waals surface area contributed by atoms with Crippen molar-refractivity contribution >= 4 is 0 Å². The van der Waals surface area contributed by atoms with E-state index in [1.807, 2.05) is 0 Å². The maximum absolute atomic E-state index is 6.07. The Kier molecular flexibility index (Phi) is 70.9. The maximum Gasteiger partial charge on any atom is 0.00670 e. The fraction of sp³-hybridized carbons (Fsp3) is 1.00. The molecule has 0 radical (unpaired) electrons. The van der Waals surface area contributed by atoms with Crippen molar-refractivity contribution in [1.82, 2.24) is 19.6 Å². The standard InChI is InChI=1S/2C40H86N4/c2*1-7-9-11-13-15-17-19-21-23-25-29-39(5)43(35-37(3)33-41)31-27-28-32-44(36-38(4)34-42)40(6)30-26-24-22-20-18-16-14-12-10-8-2/h2*37-40H,7-36,41-42H2,1-6H3. The van der Waals surface area contributed by atoms with Gasteiger partial charge in [-0.25, -0.2) is 0 Å². The van der Waals surface area contributed by atoms with Crippen molar-refractivity contribution in [2.75, 3.05) is 78.5 Å².